The average Bonchev–Trinajstić information content (AvgIpc) is 3.41. The summed E-state index contributed by atoms with van der Waals surface area (Å²) in [5.41, 5.74) is 0.787. The fraction of sp³-hybridized carbons (Fsp3) is 0.444. The molecule has 152 valence electrons. The van der Waals surface area contributed by atoms with E-state index in [4.69, 9.17) is 0 Å². The normalized spacial score (nSPS) is 17.1. The zero-order valence-electron chi connectivity index (χ0n) is 15.9. The van der Waals surface area contributed by atoms with Crippen molar-refractivity contribution in [2.24, 2.45) is 0 Å². The summed E-state index contributed by atoms with van der Waals surface area (Å²) >= 11 is 1.48. The summed E-state index contributed by atoms with van der Waals surface area (Å²) in [4.78, 5) is 21.8. The highest BCUT2D eigenvalue weighted by Crippen LogP contribution is 2.31. The Bertz CT molecular complexity index is 1210. The Hall–Kier alpha value is -2.53. The van der Waals surface area contributed by atoms with Crippen LogP contribution < -0.4 is 4.90 Å². The molecule has 0 atom stereocenters. The number of aromatic nitrogens is 4. The number of fused-ring (bicyclic) bond motifs is 2. The zero-order valence-corrected chi connectivity index (χ0v) is 17.5. The first-order chi connectivity index (χ1) is 13.9. The average molecular weight is 433 g/mol. The van der Waals surface area contributed by atoms with Gasteiger partial charge in [0, 0.05) is 45.4 Å². The Balaban J connectivity index is 1.31. The monoisotopic (exact) mass is 432 g/mol. The maximum atomic E-state index is 12.9. The van der Waals surface area contributed by atoms with E-state index in [-0.39, 0.29) is 5.91 Å². The van der Waals surface area contributed by atoms with E-state index in [1.165, 1.54) is 17.6 Å². The minimum absolute atomic E-state index is 0.0626. The van der Waals surface area contributed by atoms with Crippen molar-refractivity contribution in [3.8, 4) is 0 Å². The third-order valence-corrected chi connectivity index (χ3v) is 7.60. The number of sulfone groups is 1. The van der Waals surface area contributed by atoms with Gasteiger partial charge in [0.2, 0.25) is 5.82 Å². The fourth-order valence-corrected chi connectivity index (χ4v) is 5.59. The molecule has 2 aliphatic heterocycles. The molecule has 0 aliphatic carbocycles. The van der Waals surface area contributed by atoms with Crippen molar-refractivity contribution in [2.75, 3.05) is 37.3 Å². The number of anilines is 1. The topological polar surface area (TPSA) is 101 Å². The maximum Gasteiger partial charge on any atom is 0.291 e. The molecular weight excluding hydrogens is 412 g/mol. The van der Waals surface area contributed by atoms with Crippen molar-refractivity contribution in [3.05, 3.63) is 29.8 Å². The number of piperazine rings is 1. The molecule has 9 nitrogen and oxygen atoms in total. The number of benzene rings is 1. The standard InChI is InChI=1S/C18H20N6O3S2/c1-29(26,27)12-4-5-13-14(11-12)28-18(19-13)23-9-7-22(8-10-23)17(25)16-21-20-15-3-2-6-24(15)16/h4-5,11H,2-3,6-10H2,1H3. The van der Waals surface area contributed by atoms with Crippen LogP contribution in [0.4, 0.5) is 5.13 Å². The van der Waals surface area contributed by atoms with Crippen LogP contribution in [-0.2, 0) is 22.8 Å². The van der Waals surface area contributed by atoms with Crippen LogP contribution in [-0.4, -0.2) is 71.4 Å². The molecule has 0 spiro atoms. The predicted octanol–water partition coefficient (Wildman–Crippen LogP) is 1.20. The zero-order chi connectivity index (χ0) is 20.2. The summed E-state index contributed by atoms with van der Waals surface area (Å²) in [6.45, 7) is 3.33. The van der Waals surface area contributed by atoms with Crippen LogP contribution in [0.2, 0.25) is 0 Å². The molecule has 1 saturated heterocycles. The molecule has 4 heterocycles. The maximum absolute atomic E-state index is 12.9. The van der Waals surface area contributed by atoms with E-state index in [1.807, 2.05) is 9.47 Å². The van der Waals surface area contributed by atoms with E-state index in [0.717, 1.165) is 40.6 Å². The first kappa shape index (κ1) is 18.5. The third-order valence-electron chi connectivity index (χ3n) is 5.41. The number of hydrogen-bond donors (Lipinski definition) is 0. The lowest BCUT2D eigenvalue weighted by atomic mass is 10.3. The van der Waals surface area contributed by atoms with Gasteiger partial charge in [0.05, 0.1) is 15.1 Å². The lowest BCUT2D eigenvalue weighted by Crippen LogP contribution is -2.49. The summed E-state index contributed by atoms with van der Waals surface area (Å²) < 4.78 is 26.3. The van der Waals surface area contributed by atoms with Gasteiger partial charge in [-0.15, -0.1) is 10.2 Å². The van der Waals surface area contributed by atoms with Gasteiger partial charge in [-0.2, -0.15) is 0 Å². The molecule has 0 N–H and O–H groups in total. The summed E-state index contributed by atoms with van der Waals surface area (Å²) in [6, 6.07) is 5.02. The molecule has 0 radical (unpaired) electrons. The van der Waals surface area contributed by atoms with Gasteiger partial charge in [0.25, 0.3) is 5.91 Å². The van der Waals surface area contributed by atoms with Crippen LogP contribution in [0.3, 0.4) is 0 Å². The van der Waals surface area contributed by atoms with Crippen molar-refractivity contribution < 1.29 is 13.2 Å². The predicted molar refractivity (Wildman–Crippen MR) is 109 cm³/mol. The number of carbonyl (C=O) groups excluding carboxylic acids is 1. The number of aryl methyl sites for hydroxylation is 1. The second-order valence-corrected chi connectivity index (χ2v) is 10.4. The number of nitrogens with zero attached hydrogens (tertiary/aromatic N) is 6. The van der Waals surface area contributed by atoms with Crippen LogP contribution in [0.25, 0.3) is 10.2 Å². The van der Waals surface area contributed by atoms with Crippen LogP contribution in [0.15, 0.2) is 23.1 Å². The van der Waals surface area contributed by atoms with Gasteiger partial charge in [-0.25, -0.2) is 13.4 Å². The molecule has 1 amide bonds. The minimum Gasteiger partial charge on any atom is -0.345 e. The molecule has 29 heavy (non-hydrogen) atoms. The molecule has 0 saturated carbocycles. The largest absolute Gasteiger partial charge is 0.345 e. The molecule has 5 rings (SSSR count). The molecule has 0 bridgehead atoms. The highest BCUT2D eigenvalue weighted by atomic mass is 32.2. The van der Waals surface area contributed by atoms with Crippen molar-refractivity contribution in [2.45, 2.75) is 24.3 Å². The van der Waals surface area contributed by atoms with Gasteiger partial charge >= 0.3 is 0 Å². The number of carbonyl (C=O) groups is 1. The number of hydrogen-bond acceptors (Lipinski definition) is 8. The lowest BCUT2D eigenvalue weighted by Gasteiger charge is -2.34. The highest BCUT2D eigenvalue weighted by molar-refractivity contribution is 7.90. The van der Waals surface area contributed by atoms with Gasteiger partial charge < -0.3 is 14.4 Å². The minimum atomic E-state index is -3.24. The van der Waals surface area contributed by atoms with Crippen LogP contribution >= 0.6 is 11.3 Å². The number of thiazole rings is 1. The van der Waals surface area contributed by atoms with E-state index >= 15 is 0 Å². The number of rotatable bonds is 3. The summed E-state index contributed by atoms with van der Waals surface area (Å²) in [5.74, 6) is 1.28. The van der Waals surface area contributed by atoms with Gasteiger partial charge in [-0.1, -0.05) is 11.3 Å². The van der Waals surface area contributed by atoms with Crippen LogP contribution in [0, 0.1) is 0 Å². The Morgan fingerprint density at radius 2 is 1.90 bits per heavy atom. The van der Waals surface area contributed by atoms with E-state index < -0.39 is 9.84 Å². The van der Waals surface area contributed by atoms with Crippen molar-refractivity contribution in [3.63, 3.8) is 0 Å². The van der Waals surface area contributed by atoms with Crippen LogP contribution in [0.1, 0.15) is 22.9 Å². The second kappa shape index (κ2) is 6.77. The third kappa shape index (κ3) is 3.27. The Morgan fingerprint density at radius 3 is 2.66 bits per heavy atom. The van der Waals surface area contributed by atoms with E-state index in [1.54, 1.807) is 18.2 Å². The van der Waals surface area contributed by atoms with Gasteiger partial charge in [0.1, 0.15) is 5.82 Å². The smallest absolute Gasteiger partial charge is 0.291 e. The Kier molecular flexibility index (Phi) is 4.32. The summed E-state index contributed by atoms with van der Waals surface area (Å²) in [7, 11) is -3.24. The first-order valence-electron chi connectivity index (χ1n) is 9.47. The molecular formula is C18H20N6O3S2. The van der Waals surface area contributed by atoms with Crippen molar-refractivity contribution >= 4 is 42.4 Å². The van der Waals surface area contributed by atoms with E-state index in [2.05, 4.69) is 20.1 Å². The SMILES string of the molecule is CS(=O)(=O)c1ccc2nc(N3CCN(C(=O)c4nnc5n4CCC5)CC3)sc2c1. The van der Waals surface area contributed by atoms with Crippen molar-refractivity contribution in [1.29, 1.82) is 0 Å². The van der Waals surface area contributed by atoms with Crippen LogP contribution in [0.5, 0.6) is 0 Å². The molecule has 1 aromatic carbocycles. The highest BCUT2D eigenvalue weighted by Gasteiger charge is 2.29. The molecule has 1 fully saturated rings. The van der Waals surface area contributed by atoms with E-state index in [9.17, 15) is 13.2 Å². The second-order valence-electron chi connectivity index (χ2n) is 7.37. The Morgan fingerprint density at radius 1 is 1.10 bits per heavy atom. The van der Waals surface area contributed by atoms with Gasteiger partial charge in [-0.05, 0) is 24.6 Å². The summed E-state index contributed by atoms with van der Waals surface area (Å²) in [5, 5.41) is 9.07. The molecule has 2 aromatic heterocycles. The van der Waals surface area contributed by atoms with E-state index in [0.29, 0.717) is 36.9 Å². The quantitative estimate of drug-likeness (QED) is 0.613. The first-order valence-corrected chi connectivity index (χ1v) is 12.2. The molecule has 3 aromatic rings. The molecule has 0 unspecified atom stereocenters. The number of amides is 1. The van der Waals surface area contributed by atoms with Crippen molar-refractivity contribution in [1.82, 2.24) is 24.6 Å². The molecule has 2 aliphatic rings. The fourth-order valence-electron chi connectivity index (χ4n) is 3.81. The van der Waals surface area contributed by atoms with Gasteiger partial charge in [0.15, 0.2) is 15.0 Å². The Labute approximate surface area is 171 Å². The van der Waals surface area contributed by atoms with Gasteiger partial charge in [-0.3, -0.25) is 4.79 Å². The molecule has 11 heteroatoms. The summed E-state index contributed by atoms with van der Waals surface area (Å²) in [6.07, 6.45) is 3.10. The lowest BCUT2D eigenvalue weighted by molar-refractivity contribution is 0.0729.